The van der Waals surface area contributed by atoms with Crippen LogP contribution in [0.3, 0.4) is 0 Å². The molecule has 0 bridgehead atoms. The number of nitrogens with zero attached hydrogens (tertiary/aromatic N) is 2. The number of aromatic hydroxyl groups is 1. The molecule has 7 nitrogen and oxygen atoms in total. The summed E-state index contributed by atoms with van der Waals surface area (Å²) in [7, 11) is 0. The number of ether oxygens (including phenoxy) is 1. The molecule has 0 atom stereocenters. The minimum atomic E-state index is -0.469. The number of hydrogen-bond acceptors (Lipinski definition) is 6. The van der Waals surface area contributed by atoms with E-state index in [1.807, 2.05) is 6.92 Å². The summed E-state index contributed by atoms with van der Waals surface area (Å²) < 4.78 is 5.28. The highest BCUT2D eigenvalue weighted by Gasteiger charge is 2.05. The Morgan fingerprint density at radius 3 is 2.91 bits per heavy atom. The standard InChI is InChI=1S/C15H15N3O4/c1-2-22-15-8-11(6-7-14(15)19)10-16-17-12-4-3-5-13(9-12)18(20)21/h3-10,17,19H,2H2,1H3/b16-10+. The average molecular weight is 301 g/mol. The fraction of sp³-hybridized carbons (Fsp3) is 0.133. The smallest absolute Gasteiger partial charge is 0.271 e. The summed E-state index contributed by atoms with van der Waals surface area (Å²) in [5, 5.41) is 24.3. The monoisotopic (exact) mass is 301 g/mol. The molecule has 2 N–H and O–H groups in total. The average Bonchev–Trinajstić information content (AvgIpc) is 2.51. The van der Waals surface area contributed by atoms with Crippen molar-refractivity contribution in [3.8, 4) is 11.5 Å². The molecule has 0 spiro atoms. The van der Waals surface area contributed by atoms with Crippen LogP contribution >= 0.6 is 0 Å². The molecule has 0 heterocycles. The van der Waals surface area contributed by atoms with Crippen LogP contribution in [0.1, 0.15) is 12.5 Å². The number of nitro groups is 1. The van der Waals surface area contributed by atoms with Crippen LogP contribution in [0.5, 0.6) is 11.5 Å². The summed E-state index contributed by atoms with van der Waals surface area (Å²) >= 11 is 0. The van der Waals surface area contributed by atoms with E-state index in [1.165, 1.54) is 24.4 Å². The van der Waals surface area contributed by atoms with Gasteiger partial charge in [-0.1, -0.05) is 6.07 Å². The Morgan fingerprint density at radius 1 is 1.36 bits per heavy atom. The fourth-order valence-electron chi connectivity index (χ4n) is 1.75. The first-order valence-corrected chi connectivity index (χ1v) is 6.59. The van der Waals surface area contributed by atoms with Gasteiger partial charge in [-0.05, 0) is 36.8 Å². The SMILES string of the molecule is CCOc1cc(/C=N/Nc2cccc([N+](=O)[O-])c2)ccc1O. The molecule has 0 aliphatic carbocycles. The summed E-state index contributed by atoms with van der Waals surface area (Å²) in [5.41, 5.74) is 3.94. The Hall–Kier alpha value is -3.09. The van der Waals surface area contributed by atoms with Gasteiger partial charge < -0.3 is 9.84 Å². The highest BCUT2D eigenvalue weighted by atomic mass is 16.6. The molecular formula is C15H15N3O4. The molecule has 0 radical (unpaired) electrons. The molecular weight excluding hydrogens is 286 g/mol. The number of hydrazone groups is 1. The Labute approximate surface area is 127 Å². The maximum absolute atomic E-state index is 10.7. The van der Waals surface area contributed by atoms with E-state index in [-0.39, 0.29) is 11.4 Å². The predicted octanol–water partition coefficient (Wildman–Crippen LogP) is 3.15. The molecule has 0 aromatic heterocycles. The first-order chi connectivity index (χ1) is 10.6. The van der Waals surface area contributed by atoms with Gasteiger partial charge >= 0.3 is 0 Å². The molecule has 0 unspecified atom stereocenters. The van der Waals surface area contributed by atoms with Crippen molar-refractivity contribution in [2.45, 2.75) is 6.92 Å². The van der Waals surface area contributed by atoms with Crippen LogP contribution in [0.4, 0.5) is 11.4 Å². The Balaban J connectivity index is 2.08. The van der Waals surface area contributed by atoms with Gasteiger partial charge in [-0.2, -0.15) is 5.10 Å². The van der Waals surface area contributed by atoms with Gasteiger partial charge in [0.25, 0.3) is 5.69 Å². The van der Waals surface area contributed by atoms with Gasteiger partial charge in [-0.3, -0.25) is 15.5 Å². The number of phenols is 1. The van der Waals surface area contributed by atoms with Crippen LogP contribution in [0, 0.1) is 10.1 Å². The zero-order valence-electron chi connectivity index (χ0n) is 11.9. The number of phenolic OH excluding ortho intramolecular Hbond substituents is 1. The lowest BCUT2D eigenvalue weighted by atomic mass is 10.2. The molecule has 0 saturated carbocycles. The van der Waals surface area contributed by atoms with E-state index >= 15 is 0 Å². The largest absolute Gasteiger partial charge is 0.504 e. The lowest BCUT2D eigenvalue weighted by molar-refractivity contribution is -0.384. The van der Waals surface area contributed by atoms with Gasteiger partial charge in [-0.25, -0.2) is 0 Å². The van der Waals surface area contributed by atoms with E-state index in [1.54, 1.807) is 24.3 Å². The van der Waals surface area contributed by atoms with Gasteiger partial charge in [0.05, 0.1) is 23.4 Å². The zero-order chi connectivity index (χ0) is 15.9. The number of rotatable bonds is 6. The molecule has 0 fully saturated rings. The third-order valence-electron chi connectivity index (χ3n) is 2.75. The van der Waals surface area contributed by atoms with E-state index in [0.717, 1.165) is 5.56 Å². The van der Waals surface area contributed by atoms with Crippen molar-refractivity contribution >= 4 is 17.6 Å². The maximum atomic E-state index is 10.7. The second kappa shape index (κ2) is 7.07. The molecule has 2 aromatic carbocycles. The van der Waals surface area contributed by atoms with E-state index in [0.29, 0.717) is 18.0 Å². The van der Waals surface area contributed by atoms with Crippen LogP contribution in [-0.2, 0) is 0 Å². The van der Waals surface area contributed by atoms with E-state index in [4.69, 9.17) is 4.74 Å². The molecule has 0 saturated heterocycles. The number of benzene rings is 2. The number of nitrogens with one attached hydrogen (secondary N) is 1. The second-order valence-electron chi connectivity index (χ2n) is 4.34. The zero-order valence-corrected chi connectivity index (χ0v) is 11.9. The predicted molar refractivity (Wildman–Crippen MR) is 83.6 cm³/mol. The van der Waals surface area contributed by atoms with Crippen molar-refractivity contribution < 1.29 is 14.8 Å². The van der Waals surface area contributed by atoms with Crippen LogP contribution in [0.25, 0.3) is 0 Å². The number of non-ortho nitro benzene ring substituents is 1. The summed E-state index contributed by atoms with van der Waals surface area (Å²) in [6.45, 7) is 2.27. The van der Waals surface area contributed by atoms with Crippen LogP contribution in [0.2, 0.25) is 0 Å². The first-order valence-electron chi connectivity index (χ1n) is 6.59. The minimum Gasteiger partial charge on any atom is -0.504 e. The summed E-state index contributed by atoms with van der Waals surface area (Å²) in [6, 6.07) is 10.9. The van der Waals surface area contributed by atoms with Crippen LogP contribution in [-0.4, -0.2) is 22.9 Å². The molecule has 0 aliphatic heterocycles. The summed E-state index contributed by atoms with van der Waals surface area (Å²) in [6.07, 6.45) is 1.53. The molecule has 22 heavy (non-hydrogen) atoms. The van der Waals surface area contributed by atoms with Gasteiger partial charge in [-0.15, -0.1) is 0 Å². The number of anilines is 1. The van der Waals surface area contributed by atoms with E-state index < -0.39 is 4.92 Å². The van der Waals surface area contributed by atoms with Gasteiger partial charge in [0.2, 0.25) is 0 Å². The quantitative estimate of drug-likeness (QED) is 0.485. The highest BCUT2D eigenvalue weighted by molar-refractivity contribution is 5.81. The van der Waals surface area contributed by atoms with Gasteiger partial charge in [0, 0.05) is 12.1 Å². The first kappa shape index (κ1) is 15.3. The fourth-order valence-corrected chi connectivity index (χ4v) is 1.75. The molecule has 2 aromatic rings. The normalized spacial score (nSPS) is 10.6. The summed E-state index contributed by atoms with van der Waals surface area (Å²) in [4.78, 5) is 10.2. The van der Waals surface area contributed by atoms with Crippen molar-refractivity contribution in [2.24, 2.45) is 5.10 Å². The number of nitro benzene ring substituents is 1. The topological polar surface area (TPSA) is 97.0 Å². The lowest BCUT2D eigenvalue weighted by Gasteiger charge is -2.06. The molecule has 114 valence electrons. The van der Waals surface area contributed by atoms with Crippen molar-refractivity contribution in [2.75, 3.05) is 12.0 Å². The van der Waals surface area contributed by atoms with E-state index in [2.05, 4.69) is 10.5 Å². The van der Waals surface area contributed by atoms with Crippen molar-refractivity contribution in [3.05, 3.63) is 58.1 Å². The maximum Gasteiger partial charge on any atom is 0.271 e. The van der Waals surface area contributed by atoms with Crippen LogP contribution in [0.15, 0.2) is 47.6 Å². The minimum absolute atomic E-state index is 0.0107. The summed E-state index contributed by atoms with van der Waals surface area (Å²) in [5.74, 6) is 0.437. The highest BCUT2D eigenvalue weighted by Crippen LogP contribution is 2.26. The second-order valence-corrected chi connectivity index (χ2v) is 4.34. The van der Waals surface area contributed by atoms with Crippen LogP contribution < -0.4 is 10.2 Å². The lowest BCUT2D eigenvalue weighted by Crippen LogP contribution is -1.95. The van der Waals surface area contributed by atoms with Crippen molar-refractivity contribution in [1.82, 2.24) is 0 Å². The Kier molecular flexibility index (Phi) is 4.92. The van der Waals surface area contributed by atoms with E-state index in [9.17, 15) is 15.2 Å². The molecule has 2 rings (SSSR count). The molecule has 0 amide bonds. The Morgan fingerprint density at radius 2 is 2.18 bits per heavy atom. The third kappa shape index (κ3) is 3.95. The van der Waals surface area contributed by atoms with Crippen molar-refractivity contribution in [1.29, 1.82) is 0 Å². The van der Waals surface area contributed by atoms with Gasteiger partial charge in [0.15, 0.2) is 11.5 Å². The Bertz CT molecular complexity index is 701. The third-order valence-corrected chi connectivity index (χ3v) is 2.75. The van der Waals surface area contributed by atoms with Crippen molar-refractivity contribution in [3.63, 3.8) is 0 Å². The number of hydrogen-bond donors (Lipinski definition) is 2. The molecule has 7 heteroatoms. The molecule has 0 aliphatic rings. The van der Waals surface area contributed by atoms with Gasteiger partial charge in [0.1, 0.15) is 0 Å².